The lowest BCUT2D eigenvalue weighted by atomic mass is 10.0. The van der Waals surface area contributed by atoms with Crippen LogP contribution in [0.25, 0.3) is 28.2 Å². The van der Waals surface area contributed by atoms with Crippen molar-refractivity contribution in [1.82, 2.24) is 19.6 Å². The number of nitrogens with zero attached hydrogens (tertiary/aromatic N) is 5. The van der Waals surface area contributed by atoms with Gasteiger partial charge in [-0.3, -0.25) is 10.0 Å². The third kappa shape index (κ3) is 3.76. The molecule has 2 N–H and O–H groups in total. The molecule has 0 aliphatic carbocycles. The number of amides is 1. The number of carbonyl (C=O) groups is 1. The monoisotopic (exact) mass is 441 g/mol. The number of hydrogen-bond donors (Lipinski definition) is 2. The molecule has 0 saturated carbocycles. The summed E-state index contributed by atoms with van der Waals surface area (Å²) in [6.07, 6.45) is 4.57. The second kappa shape index (κ2) is 8.12. The van der Waals surface area contributed by atoms with Crippen LogP contribution in [0.2, 0.25) is 0 Å². The molecule has 1 aromatic carbocycles. The Morgan fingerprint density at radius 3 is 2.76 bits per heavy atom. The van der Waals surface area contributed by atoms with E-state index in [9.17, 15) is 14.4 Å². The SMILES string of the molecule is Cc1cc(-c2nc3cccnn3c2-c2ccnc(NC(=O)c3cccc[n+]3O)c2)ccc1F. The highest BCUT2D eigenvalue weighted by atomic mass is 19.1. The molecule has 4 heterocycles. The molecule has 0 bridgehead atoms. The van der Waals surface area contributed by atoms with Crippen LogP contribution in [0, 0.1) is 12.7 Å². The Morgan fingerprint density at radius 2 is 1.94 bits per heavy atom. The quantitative estimate of drug-likeness (QED) is 0.328. The van der Waals surface area contributed by atoms with Gasteiger partial charge in [0.15, 0.2) is 5.65 Å². The Morgan fingerprint density at radius 1 is 1.06 bits per heavy atom. The van der Waals surface area contributed by atoms with Crippen molar-refractivity contribution < 1.29 is 19.1 Å². The molecule has 0 aliphatic rings. The summed E-state index contributed by atoms with van der Waals surface area (Å²) in [7, 11) is 0. The summed E-state index contributed by atoms with van der Waals surface area (Å²) in [5.74, 6) is -0.528. The number of pyridine rings is 2. The van der Waals surface area contributed by atoms with Crippen molar-refractivity contribution in [2.24, 2.45) is 0 Å². The average molecular weight is 441 g/mol. The number of hydrogen-bond acceptors (Lipinski definition) is 5. The first-order chi connectivity index (χ1) is 16.0. The molecule has 1 amide bonds. The van der Waals surface area contributed by atoms with Gasteiger partial charge in [0.25, 0.3) is 0 Å². The van der Waals surface area contributed by atoms with Crippen molar-refractivity contribution in [3.63, 3.8) is 0 Å². The average Bonchev–Trinajstić information content (AvgIpc) is 3.21. The number of carbonyl (C=O) groups excluding carboxylic acids is 1. The molecule has 9 heteroatoms. The maximum atomic E-state index is 13.9. The standard InChI is InChI=1S/C24H17FN6O2/c1-15-13-16(7-8-18(15)25)22-23(31-21(29-22)6-4-10-27-31)17-9-11-26-20(14-17)28-24(32)19-5-2-3-12-30(19)33/h2-14H,1H3,(H-,26,28,32,33)/p+1. The van der Waals surface area contributed by atoms with Gasteiger partial charge in [0.05, 0.1) is 5.69 Å². The molecule has 0 saturated heterocycles. The van der Waals surface area contributed by atoms with E-state index < -0.39 is 5.91 Å². The van der Waals surface area contributed by atoms with Crippen LogP contribution in [0.3, 0.4) is 0 Å². The fourth-order valence-electron chi connectivity index (χ4n) is 3.58. The van der Waals surface area contributed by atoms with Crippen molar-refractivity contribution in [3.8, 4) is 22.5 Å². The van der Waals surface area contributed by atoms with E-state index in [0.29, 0.717) is 28.2 Å². The maximum Gasteiger partial charge on any atom is 0.326 e. The third-order valence-corrected chi connectivity index (χ3v) is 5.17. The first-order valence-electron chi connectivity index (χ1n) is 10.1. The number of halogens is 1. The molecule has 5 aromatic rings. The number of aryl methyl sites for hydroxylation is 1. The number of rotatable bonds is 4. The van der Waals surface area contributed by atoms with Crippen LogP contribution >= 0.6 is 0 Å². The van der Waals surface area contributed by atoms with Crippen LogP contribution in [-0.4, -0.2) is 30.7 Å². The van der Waals surface area contributed by atoms with E-state index in [1.54, 1.807) is 66.3 Å². The molecule has 0 fully saturated rings. The molecule has 0 spiro atoms. The smallest absolute Gasteiger partial charge is 0.301 e. The lowest BCUT2D eigenvalue weighted by Crippen LogP contribution is -2.39. The molecule has 5 rings (SSSR count). The molecule has 4 aromatic heterocycles. The second-order valence-electron chi connectivity index (χ2n) is 7.38. The second-order valence-corrected chi connectivity index (χ2v) is 7.38. The van der Waals surface area contributed by atoms with E-state index in [-0.39, 0.29) is 17.3 Å². The van der Waals surface area contributed by atoms with Gasteiger partial charge in [-0.05, 0) is 61.0 Å². The predicted octanol–water partition coefficient (Wildman–Crippen LogP) is 3.68. The summed E-state index contributed by atoms with van der Waals surface area (Å²) < 4.78 is 16.3. The Labute approximate surface area is 187 Å². The number of imidazole rings is 1. The first-order valence-corrected chi connectivity index (χ1v) is 10.1. The van der Waals surface area contributed by atoms with Gasteiger partial charge in [-0.1, -0.05) is 0 Å². The predicted molar refractivity (Wildman–Crippen MR) is 118 cm³/mol. The largest absolute Gasteiger partial charge is 0.326 e. The van der Waals surface area contributed by atoms with Crippen LogP contribution in [0.15, 0.2) is 79.3 Å². The summed E-state index contributed by atoms with van der Waals surface area (Å²) in [6.45, 7) is 1.70. The molecule has 0 radical (unpaired) electrons. The van der Waals surface area contributed by atoms with Gasteiger partial charge >= 0.3 is 11.6 Å². The molecular formula is C24H18FN6O2+. The molecule has 162 valence electrons. The minimum absolute atomic E-state index is 0.0589. The van der Waals surface area contributed by atoms with Gasteiger partial charge in [0.2, 0.25) is 6.20 Å². The number of anilines is 1. The zero-order valence-corrected chi connectivity index (χ0v) is 17.5. The highest BCUT2D eigenvalue weighted by Gasteiger charge is 2.21. The highest BCUT2D eigenvalue weighted by molar-refractivity contribution is 6.01. The number of nitrogens with one attached hydrogen (secondary N) is 1. The zero-order valence-electron chi connectivity index (χ0n) is 17.5. The molecule has 0 aliphatic heterocycles. The molecule has 0 unspecified atom stereocenters. The molecule has 33 heavy (non-hydrogen) atoms. The summed E-state index contributed by atoms with van der Waals surface area (Å²) in [4.78, 5) is 21.5. The Hall–Kier alpha value is -4.66. The first kappa shape index (κ1) is 20.3. The summed E-state index contributed by atoms with van der Waals surface area (Å²) in [5, 5.41) is 17.0. The lowest BCUT2D eigenvalue weighted by molar-refractivity contribution is -0.905. The van der Waals surface area contributed by atoms with Crippen LogP contribution in [0.4, 0.5) is 10.2 Å². The fraction of sp³-hybridized carbons (Fsp3) is 0.0417. The van der Waals surface area contributed by atoms with Crippen molar-refractivity contribution in [2.45, 2.75) is 6.92 Å². The van der Waals surface area contributed by atoms with Gasteiger partial charge in [-0.15, -0.1) is 0 Å². The lowest BCUT2D eigenvalue weighted by Gasteiger charge is -2.08. The van der Waals surface area contributed by atoms with Crippen molar-refractivity contribution in [1.29, 1.82) is 0 Å². The van der Waals surface area contributed by atoms with E-state index in [1.165, 1.54) is 18.3 Å². The number of aromatic nitrogens is 5. The Balaban J connectivity index is 1.60. The van der Waals surface area contributed by atoms with Crippen LogP contribution < -0.4 is 10.0 Å². The van der Waals surface area contributed by atoms with E-state index in [4.69, 9.17) is 4.98 Å². The third-order valence-electron chi connectivity index (χ3n) is 5.17. The van der Waals surface area contributed by atoms with Gasteiger partial charge in [-0.25, -0.2) is 18.9 Å². The van der Waals surface area contributed by atoms with Crippen molar-refractivity contribution >= 4 is 17.4 Å². The van der Waals surface area contributed by atoms with Crippen LogP contribution in [0.1, 0.15) is 16.1 Å². The highest BCUT2D eigenvalue weighted by Crippen LogP contribution is 2.33. The van der Waals surface area contributed by atoms with E-state index >= 15 is 0 Å². The van der Waals surface area contributed by atoms with Gasteiger partial charge in [-0.2, -0.15) is 5.10 Å². The minimum atomic E-state index is -0.520. The topological polar surface area (TPSA) is 96.3 Å². The molecule has 8 nitrogen and oxygen atoms in total. The maximum absolute atomic E-state index is 13.9. The Kier molecular flexibility index (Phi) is 4.98. The van der Waals surface area contributed by atoms with E-state index in [0.717, 1.165) is 10.3 Å². The minimum Gasteiger partial charge on any atom is -0.301 e. The van der Waals surface area contributed by atoms with E-state index in [2.05, 4.69) is 15.4 Å². The number of benzene rings is 1. The summed E-state index contributed by atoms with van der Waals surface area (Å²) >= 11 is 0. The van der Waals surface area contributed by atoms with Gasteiger partial charge in [0, 0.05) is 40.4 Å². The fourth-order valence-corrected chi connectivity index (χ4v) is 3.58. The van der Waals surface area contributed by atoms with Crippen LogP contribution in [-0.2, 0) is 0 Å². The van der Waals surface area contributed by atoms with Gasteiger partial charge < -0.3 is 5.32 Å². The number of fused-ring (bicyclic) bond motifs is 1. The molecular weight excluding hydrogens is 423 g/mol. The van der Waals surface area contributed by atoms with E-state index in [1.807, 2.05) is 6.07 Å². The normalized spacial score (nSPS) is 11.0. The van der Waals surface area contributed by atoms with Crippen molar-refractivity contribution in [2.75, 3.05) is 5.32 Å². The Bertz CT molecular complexity index is 1510. The van der Waals surface area contributed by atoms with Crippen LogP contribution in [0.5, 0.6) is 0 Å². The summed E-state index contributed by atoms with van der Waals surface area (Å²) in [6, 6.07) is 16.6. The van der Waals surface area contributed by atoms with Crippen molar-refractivity contribution in [3.05, 3.63) is 96.3 Å². The van der Waals surface area contributed by atoms with Gasteiger partial charge in [0.1, 0.15) is 17.3 Å². The zero-order chi connectivity index (χ0) is 22.9. The summed E-state index contributed by atoms with van der Waals surface area (Å²) in [5.41, 5.74) is 3.92. The molecule has 0 atom stereocenters.